The molecular weight excluding hydrogens is 423 g/mol. The Bertz CT molecular complexity index is 1130. The number of aryl methyl sites for hydroxylation is 1. The Morgan fingerprint density at radius 1 is 1.00 bits per heavy atom. The van der Waals surface area contributed by atoms with Gasteiger partial charge in [0.05, 0.1) is 13.5 Å². The normalized spacial score (nSPS) is 11.2. The third-order valence-electron chi connectivity index (χ3n) is 4.34. The lowest BCUT2D eigenvalue weighted by Crippen LogP contribution is -2.19. The van der Waals surface area contributed by atoms with E-state index in [0.29, 0.717) is 5.75 Å². The van der Waals surface area contributed by atoms with Crippen molar-refractivity contribution in [2.75, 3.05) is 12.4 Å². The molecule has 3 aromatic rings. The van der Waals surface area contributed by atoms with Crippen molar-refractivity contribution in [3.8, 4) is 5.75 Å². The van der Waals surface area contributed by atoms with E-state index >= 15 is 0 Å². The van der Waals surface area contributed by atoms with E-state index in [4.69, 9.17) is 9.26 Å². The summed E-state index contributed by atoms with van der Waals surface area (Å²) in [5.41, 5.74) is -0.170. The van der Waals surface area contributed by atoms with Crippen LogP contribution in [-0.4, -0.2) is 18.2 Å². The zero-order valence-corrected chi connectivity index (χ0v) is 16.2. The summed E-state index contributed by atoms with van der Waals surface area (Å²) in [7, 11) is 1.53. The minimum atomic E-state index is -2.29. The van der Waals surface area contributed by atoms with Crippen molar-refractivity contribution in [3.63, 3.8) is 0 Å². The van der Waals surface area contributed by atoms with E-state index in [-0.39, 0.29) is 17.1 Å². The van der Waals surface area contributed by atoms with Crippen molar-refractivity contribution >= 4 is 23.7 Å². The zero-order chi connectivity index (χ0) is 22.7. The number of nitrogens with zero attached hydrogens (tertiary/aromatic N) is 1. The van der Waals surface area contributed by atoms with Crippen LogP contribution in [0.4, 0.5) is 27.6 Å². The molecule has 0 aliphatic heterocycles. The molecule has 0 atom stereocenters. The summed E-state index contributed by atoms with van der Waals surface area (Å²) in [6.07, 6.45) is 2.10. The van der Waals surface area contributed by atoms with E-state index in [1.807, 2.05) is 0 Å². The molecule has 162 valence electrons. The van der Waals surface area contributed by atoms with E-state index < -0.39 is 47.0 Å². The minimum Gasteiger partial charge on any atom is -0.497 e. The van der Waals surface area contributed by atoms with Gasteiger partial charge < -0.3 is 14.6 Å². The highest BCUT2D eigenvalue weighted by atomic mass is 19.2. The fourth-order valence-electron chi connectivity index (χ4n) is 2.70. The van der Waals surface area contributed by atoms with Gasteiger partial charge in [0.15, 0.2) is 29.0 Å². The van der Waals surface area contributed by atoms with Crippen LogP contribution in [0.5, 0.6) is 5.75 Å². The van der Waals surface area contributed by atoms with E-state index in [1.54, 1.807) is 30.3 Å². The molecular formula is C21H15F5N2O3. The third kappa shape index (κ3) is 4.57. The molecule has 0 saturated heterocycles. The number of carbonyl (C=O) groups excluding carboxylic acids is 1. The van der Waals surface area contributed by atoms with Gasteiger partial charge in [-0.2, -0.15) is 0 Å². The predicted molar refractivity (Wildman–Crippen MR) is 102 cm³/mol. The number of aromatic nitrogens is 1. The second kappa shape index (κ2) is 8.99. The van der Waals surface area contributed by atoms with Gasteiger partial charge in [0.2, 0.25) is 11.7 Å². The molecule has 0 aliphatic rings. The Kier molecular flexibility index (Phi) is 6.38. The van der Waals surface area contributed by atoms with Crippen LogP contribution in [-0.2, 0) is 11.2 Å². The Morgan fingerprint density at radius 2 is 1.58 bits per heavy atom. The summed E-state index contributed by atoms with van der Waals surface area (Å²) < 4.78 is 77.5. The smallest absolute Gasteiger partial charge is 0.229 e. The molecule has 0 saturated carbocycles. The average molecular weight is 438 g/mol. The van der Waals surface area contributed by atoms with Crippen molar-refractivity contribution in [3.05, 3.63) is 75.9 Å². The molecule has 1 N–H and O–H groups in total. The molecule has 0 fully saturated rings. The summed E-state index contributed by atoms with van der Waals surface area (Å²) >= 11 is 0. The van der Waals surface area contributed by atoms with Crippen LogP contribution < -0.4 is 10.1 Å². The van der Waals surface area contributed by atoms with Crippen molar-refractivity contribution in [2.45, 2.75) is 13.3 Å². The molecule has 1 aromatic heterocycles. The lowest BCUT2D eigenvalue weighted by atomic mass is 10.1. The molecule has 0 bridgehead atoms. The SMILES string of the molecule is COc1ccc(C=Cc2noc(C)c2NC(=O)Cc2c(F)c(F)c(F)c(F)c2F)cc1. The maximum atomic E-state index is 13.8. The molecule has 10 heteroatoms. The standard InChI is InChI=1S/C21H15F5N2O3/c1-10-21(14(28-31-10)8-5-11-3-6-12(30-2)7-4-11)27-15(29)9-13-16(22)18(24)20(26)19(25)17(13)23/h3-8H,9H2,1-2H3,(H,27,29). The maximum Gasteiger partial charge on any atom is 0.229 e. The number of hydrogen-bond acceptors (Lipinski definition) is 4. The number of rotatable bonds is 6. The number of nitrogens with one attached hydrogen (secondary N) is 1. The molecule has 0 aliphatic carbocycles. The Hall–Kier alpha value is -3.69. The van der Waals surface area contributed by atoms with Crippen molar-refractivity contribution in [1.29, 1.82) is 0 Å². The second-order valence-electron chi connectivity index (χ2n) is 6.38. The van der Waals surface area contributed by atoms with E-state index in [0.717, 1.165) is 5.56 Å². The van der Waals surface area contributed by atoms with Crippen LogP contribution in [0.3, 0.4) is 0 Å². The van der Waals surface area contributed by atoms with Gasteiger partial charge in [-0.05, 0) is 30.7 Å². The maximum absolute atomic E-state index is 13.8. The number of carbonyl (C=O) groups is 1. The monoisotopic (exact) mass is 438 g/mol. The van der Waals surface area contributed by atoms with Gasteiger partial charge in [0, 0.05) is 5.56 Å². The first-order valence-corrected chi connectivity index (χ1v) is 8.81. The van der Waals surface area contributed by atoms with E-state index in [1.165, 1.54) is 20.1 Å². The molecule has 5 nitrogen and oxygen atoms in total. The molecule has 0 radical (unpaired) electrons. The predicted octanol–water partition coefficient (Wildman–Crippen LogP) is 5.04. The zero-order valence-electron chi connectivity index (χ0n) is 16.2. The van der Waals surface area contributed by atoms with Gasteiger partial charge in [0.25, 0.3) is 0 Å². The number of benzene rings is 2. The topological polar surface area (TPSA) is 64.4 Å². The third-order valence-corrected chi connectivity index (χ3v) is 4.34. The van der Waals surface area contributed by atoms with Gasteiger partial charge in [-0.15, -0.1) is 0 Å². The lowest BCUT2D eigenvalue weighted by Gasteiger charge is -2.09. The number of hydrogen-bond donors (Lipinski definition) is 1. The molecule has 0 unspecified atom stereocenters. The van der Waals surface area contributed by atoms with Crippen LogP contribution in [0.25, 0.3) is 12.2 Å². The Labute approximate surface area is 173 Å². The van der Waals surface area contributed by atoms with Crippen LogP contribution in [0, 0.1) is 36.0 Å². The first-order chi connectivity index (χ1) is 14.7. The van der Waals surface area contributed by atoms with Gasteiger partial charge in [-0.1, -0.05) is 23.4 Å². The van der Waals surface area contributed by atoms with Crippen molar-refractivity contribution < 1.29 is 36.0 Å². The van der Waals surface area contributed by atoms with Gasteiger partial charge in [-0.3, -0.25) is 4.79 Å². The summed E-state index contributed by atoms with van der Waals surface area (Å²) in [6.45, 7) is 1.48. The molecule has 3 rings (SSSR count). The van der Waals surface area contributed by atoms with Crippen molar-refractivity contribution in [2.24, 2.45) is 0 Å². The number of halogens is 5. The van der Waals surface area contributed by atoms with Crippen LogP contribution in [0.2, 0.25) is 0 Å². The Balaban J connectivity index is 1.80. The number of methoxy groups -OCH3 is 1. The van der Waals surface area contributed by atoms with Crippen LogP contribution in [0.1, 0.15) is 22.6 Å². The first kappa shape index (κ1) is 22.0. The molecule has 2 aromatic carbocycles. The minimum absolute atomic E-state index is 0.0960. The molecule has 1 amide bonds. The fraction of sp³-hybridized carbons (Fsp3) is 0.143. The van der Waals surface area contributed by atoms with E-state index in [2.05, 4.69) is 10.5 Å². The Morgan fingerprint density at radius 3 is 2.16 bits per heavy atom. The largest absolute Gasteiger partial charge is 0.497 e. The van der Waals surface area contributed by atoms with Gasteiger partial charge in [-0.25, -0.2) is 22.0 Å². The number of amides is 1. The second-order valence-corrected chi connectivity index (χ2v) is 6.38. The quantitative estimate of drug-likeness (QED) is 0.333. The number of ether oxygens (including phenoxy) is 1. The fourth-order valence-corrected chi connectivity index (χ4v) is 2.70. The molecule has 0 spiro atoms. The molecule has 31 heavy (non-hydrogen) atoms. The highest BCUT2D eigenvalue weighted by Crippen LogP contribution is 2.26. The van der Waals surface area contributed by atoms with Gasteiger partial charge >= 0.3 is 0 Å². The highest BCUT2D eigenvalue weighted by molar-refractivity contribution is 5.95. The first-order valence-electron chi connectivity index (χ1n) is 8.81. The van der Waals surface area contributed by atoms with Crippen LogP contribution >= 0.6 is 0 Å². The summed E-state index contributed by atoms with van der Waals surface area (Å²) in [4.78, 5) is 12.3. The van der Waals surface area contributed by atoms with E-state index in [9.17, 15) is 26.7 Å². The molecule has 1 heterocycles. The highest BCUT2D eigenvalue weighted by Gasteiger charge is 2.27. The van der Waals surface area contributed by atoms with Gasteiger partial charge in [0.1, 0.15) is 17.1 Å². The van der Waals surface area contributed by atoms with Crippen molar-refractivity contribution in [1.82, 2.24) is 5.16 Å². The van der Waals surface area contributed by atoms with Crippen LogP contribution in [0.15, 0.2) is 28.8 Å². The number of anilines is 1. The lowest BCUT2D eigenvalue weighted by molar-refractivity contribution is -0.115. The average Bonchev–Trinajstić information content (AvgIpc) is 3.12. The summed E-state index contributed by atoms with van der Waals surface area (Å²) in [5, 5.41) is 6.11. The summed E-state index contributed by atoms with van der Waals surface area (Å²) in [5.74, 6) is -10.8. The summed E-state index contributed by atoms with van der Waals surface area (Å²) in [6, 6.07) is 7.01.